The van der Waals surface area contributed by atoms with E-state index < -0.39 is 10.0 Å². The minimum Gasteiger partial charge on any atom is -0.477 e. The van der Waals surface area contributed by atoms with Crippen LogP contribution in [-0.2, 0) is 20.9 Å². The Kier molecular flexibility index (Phi) is 6.27. The lowest BCUT2D eigenvalue weighted by Gasteiger charge is -2.30. The second-order valence-electron chi connectivity index (χ2n) is 7.39. The molecule has 0 bridgehead atoms. The zero-order chi connectivity index (χ0) is 17.9. The van der Waals surface area contributed by atoms with E-state index in [4.69, 9.17) is 4.74 Å². The summed E-state index contributed by atoms with van der Waals surface area (Å²) in [6, 6.07) is 6.25. The monoisotopic (exact) mass is 341 g/mol. The van der Waals surface area contributed by atoms with Gasteiger partial charge in [-0.1, -0.05) is 53.7 Å². The van der Waals surface area contributed by atoms with Gasteiger partial charge in [-0.3, -0.25) is 0 Å². The van der Waals surface area contributed by atoms with Crippen LogP contribution in [0.25, 0.3) is 0 Å². The van der Waals surface area contributed by atoms with Gasteiger partial charge in [0.25, 0.3) is 0 Å². The third-order valence-corrected chi connectivity index (χ3v) is 5.45. The molecule has 0 radical (unpaired) electrons. The Balaban J connectivity index is 3.20. The third-order valence-electron chi connectivity index (χ3n) is 4.81. The summed E-state index contributed by atoms with van der Waals surface area (Å²) >= 11 is 0. The minimum atomic E-state index is -3.26. The molecule has 0 heterocycles. The molecule has 1 N–H and O–H groups in total. The van der Waals surface area contributed by atoms with Crippen molar-refractivity contribution in [3.05, 3.63) is 29.3 Å². The number of hydrogen-bond donors (Lipinski definition) is 1. The van der Waals surface area contributed by atoms with E-state index in [1.165, 1.54) is 5.56 Å². The Labute approximate surface area is 141 Å². The van der Waals surface area contributed by atoms with Crippen molar-refractivity contribution in [2.45, 2.75) is 65.2 Å². The van der Waals surface area contributed by atoms with Crippen molar-refractivity contribution in [3.8, 4) is 5.75 Å². The molecule has 0 aliphatic carbocycles. The number of sulfonamides is 1. The zero-order valence-electron chi connectivity index (χ0n) is 15.5. The highest BCUT2D eigenvalue weighted by molar-refractivity contribution is 7.88. The van der Waals surface area contributed by atoms with Crippen molar-refractivity contribution < 1.29 is 13.2 Å². The quantitative estimate of drug-likeness (QED) is 0.729. The third kappa shape index (κ3) is 5.50. The SMILES string of the molecule is CCC(C)(C)c1ccc(OCNS(C)(=O)=O)c(C(C)(C)CC)c1. The predicted octanol–water partition coefficient (Wildman–Crippen LogP) is 3.95. The fourth-order valence-corrected chi connectivity index (χ4v) is 2.49. The van der Waals surface area contributed by atoms with Crippen molar-refractivity contribution >= 4 is 10.0 Å². The summed E-state index contributed by atoms with van der Waals surface area (Å²) in [5.74, 6) is 0.739. The minimum absolute atomic E-state index is 0.0414. The average molecular weight is 342 g/mol. The summed E-state index contributed by atoms with van der Waals surface area (Å²) in [6.07, 6.45) is 3.15. The second-order valence-corrected chi connectivity index (χ2v) is 9.22. The van der Waals surface area contributed by atoms with Crippen molar-refractivity contribution in [1.82, 2.24) is 4.72 Å². The maximum atomic E-state index is 11.2. The first kappa shape index (κ1) is 20.0. The van der Waals surface area contributed by atoms with Gasteiger partial charge in [-0.05, 0) is 35.3 Å². The van der Waals surface area contributed by atoms with Gasteiger partial charge in [-0.15, -0.1) is 0 Å². The van der Waals surface area contributed by atoms with E-state index in [9.17, 15) is 8.42 Å². The molecule has 0 saturated carbocycles. The molecule has 1 aromatic carbocycles. The van der Waals surface area contributed by atoms with Gasteiger partial charge in [0.2, 0.25) is 10.0 Å². The van der Waals surface area contributed by atoms with Gasteiger partial charge in [0.1, 0.15) is 5.75 Å². The average Bonchev–Trinajstić information content (AvgIpc) is 2.46. The molecule has 23 heavy (non-hydrogen) atoms. The van der Waals surface area contributed by atoms with Gasteiger partial charge in [-0.2, -0.15) is 4.72 Å². The zero-order valence-corrected chi connectivity index (χ0v) is 16.3. The van der Waals surface area contributed by atoms with Crippen molar-refractivity contribution in [1.29, 1.82) is 0 Å². The summed E-state index contributed by atoms with van der Waals surface area (Å²) in [5.41, 5.74) is 2.46. The Morgan fingerprint density at radius 2 is 1.61 bits per heavy atom. The van der Waals surface area contributed by atoms with Crippen LogP contribution in [-0.4, -0.2) is 21.4 Å². The Hall–Kier alpha value is -1.07. The predicted molar refractivity (Wildman–Crippen MR) is 96.6 cm³/mol. The summed E-state index contributed by atoms with van der Waals surface area (Å²) < 4.78 is 30.5. The molecule has 1 rings (SSSR count). The standard InChI is InChI=1S/C18H31NO3S/c1-8-17(3,4)14-10-11-16(22-13-19-23(7,20)21)15(12-14)18(5,6)9-2/h10-12,19H,8-9,13H2,1-7H3. The Morgan fingerprint density at radius 3 is 2.09 bits per heavy atom. The first-order chi connectivity index (χ1) is 10.4. The van der Waals surface area contributed by atoms with E-state index in [-0.39, 0.29) is 17.6 Å². The van der Waals surface area contributed by atoms with E-state index in [0.29, 0.717) is 0 Å². The maximum absolute atomic E-state index is 11.2. The molecular weight excluding hydrogens is 310 g/mol. The highest BCUT2D eigenvalue weighted by atomic mass is 32.2. The molecule has 0 fully saturated rings. The van der Waals surface area contributed by atoms with Crippen LogP contribution in [0, 0.1) is 0 Å². The van der Waals surface area contributed by atoms with Crippen molar-refractivity contribution in [2.75, 3.05) is 13.0 Å². The number of benzene rings is 1. The summed E-state index contributed by atoms with van der Waals surface area (Å²) in [6.45, 7) is 13.1. The molecule has 5 heteroatoms. The van der Waals surface area contributed by atoms with Crippen LogP contribution in [0.1, 0.15) is 65.5 Å². The molecule has 0 aliphatic rings. The molecule has 0 spiro atoms. The molecule has 0 saturated heterocycles. The topological polar surface area (TPSA) is 55.4 Å². The van der Waals surface area contributed by atoms with E-state index in [1.807, 2.05) is 6.07 Å². The van der Waals surface area contributed by atoms with E-state index in [1.54, 1.807) is 0 Å². The Bertz CT molecular complexity index is 634. The lowest BCUT2D eigenvalue weighted by Crippen LogP contribution is -2.28. The van der Waals surface area contributed by atoms with Gasteiger partial charge in [-0.25, -0.2) is 8.42 Å². The summed E-state index contributed by atoms with van der Waals surface area (Å²) in [7, 11) is -3.26. The van der Waals surface area contributed by atoms with Gasteiger partial charge >= 0.3 is 0 Å². The number of nitrogens with one attached hydrogen (secondary N) is 1. The van der Waals surface area contributed by atoms with Crippen LogP contribution < -0.4 is 9.46 Å². The van der Waals surface area contributed by atoms with Crippen LogP contribution in [0.5, 0.6) is 5.75 Å². The summed E-state index contributed by atoms with van der Waals surface area (Å²) in [4.78, 5) is 0. The van der Waals surface area contributed by atoms with E-state index in [0.717, 1.165) is 30.4 Å². The van der Waals surface area contributed by atoms with Crippen LogP contribution in [0.4, 0.5) is 0 Å². The molecule has 0 aliphatic heterocycles. The fourth-order valence-electron chi connectivity index (χ4n) is 2.21. The van der Waals surface area contributed by atoms with Gasteiger partial charge in [0, 0.05) is 5.56 Å². The largest absolute Gasteiger partial charge is 0.477 e. The molecule has 0 amide bonds. The van der Waals surface area contributed by atoms with Gasteiger partial charge in [0.05, 0.1) is 6.26 Å². The van der Waals surface area contributed by atoms with Crippen molar-refractivity contribution in [3.63, 3.8) is 0 Å². The first-order valence-electron chi connectivity index (χ1n) is 8.15. The molecule has 4 nitrogen and oxygen atoms in total. The molecule has 1 aromatic rings. The van der Waals surface area contributed by atoms with Crippen LogP contribution in [0.2, 0.25) is 0 Å². The molecule has 0 aromatic heterocycles. The second kappa shape index (κ2) is 7.22. The van der Waals surface area contributed by atoms with E-state index in [2.05, 4.69) is 58.4 Å². The first-order valence-corrected chi connectivity index (χ1v) is 10.0. The van der Waals surface area contributed by atoms with Crippen LogP contribution in [0.3, 0.4) is 0 Å². The lowest BCUT2D eigenvalue weighted by atomic mass is 9.76. The number of hydrogen-bond acceptors (Lipinski definition) is 3. The van der Waals surface area contributed by atoms with Crippen molar-refractivity contribution in [2.24, 2.45) is 0 Å². The highest BCUT2D eigenvalue weighted by Gasteiger charge is 2.26. The Morgan fingerprint density at radius 1 is 1.04 bits per heavy atom. The normalized spacial score (nSPS) is 13.2. The maximum Gasteiger partial charge on any atom is 0.211 e. The van der Waals surface area contributed by atoms with Gasteiger partial charge in [0.15, 0.2) is 6.73 Å². The lowest BCUT2D eigenvalue weighted by molar-refractivity contribution is 0.300. The molecular formula is C18H31NO3S. The van der Waals surface area contributed by atoms with Gasteiger partial charge < -0.3 is 4.74 Å². The number of rotatable bonds is 8. The highest BCUT2D eigenvalue weighted by Crippen LogP contribution is 2.38. The molecule has 0 unspecified atom stereocenters. The summed E-state index contributed by atoms with van der Waals surface area (Å²) in [5, 5.41) is 0. The smallest absolute Gasteiger partial charge is 0.211 e. The molecule has 132 valence electrons. The van der Waals surface area contributed by atoms with Crippen LogP contribution >= 0.6 is 0 Å². The fraction of sp³-hybridized carbons (Fsp3) is 0.667. The van der Waals surface area contributed by atoms with Crippen LogP contribution in [0.15, 0.2) is 18.2 Å². The molecule has 0 atom stereocenters. The number of ether oxygens (including phenoxy) is 1. The van der Waals surface area contributed by atoms with E-state index >= 15 is 0 Å².